The Morgan fingerprint density at radius 2 is 1.85 bits per heavy atom. The van der Waals surface area contributed by atoms with Crippen molar-refractivity contribution in [2.75, 3.05) is 20.6 Å². The Balaban J connectivity index is 1.56. The number of ether oxygens (including phenoxy) is 1. The van der Waals surface area contributed by atoms with Crippen LogP contribution in [0.2, 0.25) is 0 Å². The molecule has 1 saturated carbocycles. The van der Waals surface area contributed by atoms with E-state index in [-0.39, 0.29) is 17.0 Å². The number of carbonyl (C=O) groups is 1. The molecule has 0 spiro atoms. The first-order valence-corrected chi connectivity index (χ1v) is 14.0. The Morgan fingerprint density at radius 3 is 2.51 bits per heavy atom. The Hall–Kier alpha value is -4.37. The predicted octanol–water partition coefficient (Wildman–Crippen LogP) is 5.14. The van der Waals surface area contributed by atoms with Crippen LogP contribution in [0.1, 0.15) is 41.4 Å². The Morgan fingerprint density at radius 1 is 1.12 bits per heavy atom. The highest BCUT2D eigenvalue weighted by Crippen LogP contribution is 2.43. The maximum Gasteiger partial charge on any atom is 0.274 e. The van der Waals surface area contributed by atoms with Crippen LogP contribution in [-0.4, -0.2) is 56.3 Å². The minimum absolute atomic E-state index is 0.146. The molecule has 1 amide bonds. The maximum atomic E-state index is 13.1. The zero-order chi connectivity index (χ0) is 29.1. The summed E-state index contributed by atoms with van der Waals surface area (Å²) in [6.45, 7) is 7.23. The summed E-state index contributed by atoms with van der Waals surface area (Å²) in [5.41, 5.74) is 5.11. The van der Waals surface area contributed by atoms with E-state index in [2.05, 4.69) is 35.5 Å². The van der Waals surface area contributed by atoms with Crippen molar-refractivity contribution in [2.24, 2.45) is 7.05 Å². The van der Waals surface area contributed by atoms with E-state index in [1.54, 1.807) is 19.3 Å². The molecule has 2 N–H and O–H groups in total. The van der Waals surface area contributed by atoms with Gasteiger partial charge in [-0.1, -0.05) is 18.2 Å². The van der Waals surface area contributed by atoms with Crippen LogP contribution in [0.4, 0.5) is 0 Å². The number of rotatable bonds is 8. The Labute approximate surface area is 238 Å². The lowest BCUT2D eigenvalue weighted by atomic mass is 10.0. The van der Waals surface area contributed by atoms with Crippen molar-refractivity contribution >= 4 is 27.7 Å². The number of likely N-dealkylation sites (N-methyl/N-ethyl adjacent to an activating group) is 1. The number of H-pyrrole nitrogens is 1. The van der Waals surface area contributed by atoms with Crippen molar-refractivity contribution in [2.45, 2.75) is 45.7 Å². The van der Waals surface area contributed by atoms with E-state index >= 15 is 0 Å². The highest BCUT2D eigenvalue weighted by Gasteiger charge is 2.45. The van der Waals surface area contributed by atoms with E-state index in [0.29, 0.717) is 28.9 Å². The van der Waals surface area contributed by atoms with Gasteiger partial charge in [-0.05, 0) is 77.0 Å². The second kappa shape index (κ2) is 9.92. The maximum absolute atomic E-state index is 13.1. The molecule has 0 atom stereocenters. The zero-order valence-electron chi connectivity index (χ0n) is 24.5. The van der Waals surface area contributed by atoms with Crippen molar-refractivity contribution < 1.29 is 9.53 Å². The molecule has 6 rings (SSSR count). The lowest BCUT2D eigenvalue weighted by Gasteiger charge is -2.23. The Kier molecular flexibility index (Phi) is 6.49. The summed E-state index contributed by atoms with van der Waals surface area (Å²) in [6.07, 6.45) is 6.20. The molecule has 41 heavy (non-hydrogen) atoms. The van der Waals surface area contributed by atoms with Crippen LogP contribution >= 0.6 is 0 Å². The number of pyridine rings is 1. The lowest BCUT2D eigenvalue weighted by molar-refractivity contribution is 0.0951. The molecule has 5 aromatic rings. The predicted molar refractivity (Wildman–Crippen MR) is 162 cm³/mol. The third kappa shape index (κ3) is 4.70. The molecular weight excluding hydrogens is 516 g/mol. The molecule has 0 bridgehead atoms. The van der Waals surface area contributed by atoms with E-state index in [0.717, 1.165) is 58.3 Å². The van der Waals surface area contributed by atoms with Gasteiger partial charge in [-0.2, -0.15) is 5.10 Å². The molecule has 9 heteroatoms. The van der Waals surface area contributed by atoms with E-state index in [1.807, 2.05) is 55.8 Å². The van der Waals surface area contributed by atoms with Crippen molar-refractivity contribution in [1.29, 1.82) is 0 Å². The number of hydrogen-bond donors (Lipinski definition) is 2. The van der Waals surface area contributed by atoms with E-state index in [1.165, 1.54) is 4.57 Å². The molecule has 0 unspecified atom stereocenters. The number of aromatic amines is 1. The van der Waals surface area contributed by atoms with Gasteiger partial charge >= 0.3 is 0 Å². The quantitative estimate of drug-likeness (QED) is 0.278. The fourth-order valence-corrected chi connectivity index (χ4v) is 5.67. The number of nitrogens with one attached hydrogen (secondary N) is 2. The standard InChI is InChI=1S/C32H36N6O3/c1-7-33-30(39)26-15-23-24(17-37(6)31(40)28(23)34-26)22-14-25-21(16-38(35-25)18-32(11-12-32)36(4)5)13-27(22)41-29-19(2)9-8-10-20(29)3/h8-10,13-17,34H,7,11-12,18H2,1-6H3,(H,33,39). The largest absolute Gasteiger partial charge is 0.456 e. The molecule has 3 heterocycles. The van der Waals surface area contributed by atoms with Gasteiger partial charge < -0.3 is 24.5 Å². The number of hydrogen-bond acceptors (Lipinski definition) is 5. The molecule has 0 radical (unpaired) electrons. The van der Waals surface area contributed by atoms with E-state index in [4.69, 9.17) is 9.84 Å². The van der Waals surface area contributed by atoms with Crippen molar-refractivity contribution in [3.8, 4) is 22.6 Å². The number of benzene rings is 2. The average molecular weight is 553 g/mol. The molecule has 0 saturated heterocycles. The number of para-hydroxylation sites is 1. The number of fused-ring (bicyclic) bond motifs is 2. The minimum atomic E-state index is -0.257. The van der Waals surface area contributed by atoms with Crippen molar-refractivity contribution in [3.63, 3.8) is 0 Å². The fourth-order valence-electron chi connectivity index (χ4n) is 5.67. The monoisotopic (exact) mass is 552 g/mol. The zero-order valence-corrected chi connectivity index (χ0v) is 24.5. The van der Waals surface area contributed by atoms with Crippen LogP contribution in [0.25, 0.3) is 32.9 Å². The van der Waals surface area contributed by atoms with Gasteiger partial charge in [0, 0.05) is 53.4 Å². The topological polar surface area (TPSA) is 97.2 Å². The second-order valence-corrected chi connectivity index (χ2v) is 11.5. The molecule has 2 aromatic carbocycles. The summed E-state index contributed by atoms with van der Waals surface area (Å²) in [4.78, 5) is 31.2. The van der Waals surface area contributed by atoms with Gasteiger partial charge in [0.05, 0.1) is 12.1 Å². The van der Waals surface area contributed by atoms with Crippen molar-refractivity contribution in [1.82, 2.24) is 29.5 Å². The first kappa shape index (κ1) is 26.8. The molecule has 1 aliphatic carbocycles. The Bertz CT molecular complexity index is 1850. The van der Waals surface area contributed by atoms with Gasteiger partial charge in [0.2, 0.25) is 0 Å². The number of nitrogens with zero attached hydrogens (tertiary/aromatic N) is 4. The third-order valence-electron chi connectivity index (χ3n) is 8.34. The number of aromatic nitrogens is 4. The minimum Gasteiger partial charge on any atom is -0.456 e. The molecule has 1 aliphatic rings. The van der Waals surface area contributed by atoms with E-state index < -0.39 is 0 Å². The van der Waals surface area contributed by atoms with Crippen LogP contribution in [0.3, 0.4) is 0 Å². The summed E-state index contributed by atoms with van der Waals surface area (Å²) < 4.78 is 10.3. The highest BCUT2D eigenvalue weighted by molar-refractivity contribution is 6.04. The number of carbonyl (C=O) groups excluding carboxylic acids is 1. The summed E-state index contributed by atoms with van der Waals surface area (Å²) in [6, 6.07) is 11.9. The van der Waals surface area contributed by atoms with Gasteiger partial charge in [0.15, 0.2) is 0 Å². The number of amides is 1. The summed E-state index contributed by atoms with van der Waals surface area (Å²) in [7, 11) is 5.97. The molecule has 9 nitrogen and oxygen atoms in total. The molecule has 0 aliphatic heterocycles. The fraction of sp³-hybridized carbons (Fsp3) is 0.344. The summed E-state index contributed by atoms with van der Waals surface area (Å²) in [5, 5.41) is 9.40. The van der Waals surface area contributed by atoms with E-state index in [9.17, 15) is 9.59 Å². The van der Waals surface area contributed by atoms with Crippen LogP contribution in [0.15, 0.2) is 53.6 Å². The van der Waals surface area contributed by atoms with Crippen LogP contribution in [0, 0.1) is 13.8 Å². The average Bonchev–Trinajstić information content (AvgIpc) is 3.40. The third-order valence-corrected chi connectivity index (χ3v) is 8.34. The summed E-state index contributed by atoms with van der Waals surface area (Å²) >= 11 is 0. The molecule has 1 fully saturated rings. The summed E-state index contributed by atoms with van der Waals surface area (Å²) in [5.74, 6) is 1.19. The molecule has 212 valence electrons. The van der Waals surface area contributed by atoms with Crippen LogP contribution in [0.5, 0.6) is 11.5 Å². The van der Waals surface area contributed by atoms with Crippen LogP contribution < -0.4 is 15.6 Å². The highest BCUT2D eigenvalue weighted by atomic mass is 16.5. The SMILES string of the molecule is CCNC(=O)c1cc2c(-c3cc4nn(CC5(N(C)C)CC5)cc4cc3Oc3c(C)cccc3C)cn(C)c(=O)c2[nH]1. The van der Waals surface area contributed by atoms with Crippen LogP contribution in [-0.2, 0) is 13.6 Å². The molecule has 3 aromatic heterocycles. The van der Waals surface area contributed by atoms with Gasteiger partial charge in [0.25, 0.3) is 11.5 Å². The smallest absolute Gasteiger partial charge is 0.274 e. The molecular formula is C32H36N6O3. The van der Waals surface area contributed by atoms with Gasteiger partial charge in [-0.3, -0.25) is 14.3 Å². The second-order valence-electron chi connectivity index (χ2n) is 11.5. The van der Waals surface area contributed by atoms with Crippen molar-refractivity contribution in [3.05, 3.63) is 76.0 Å². The van der Waals surface area contributed by atoms with Gasteiger partial charge in [-0.15, -0.1) is 0 Å². The van der Waals surface area contributed by atoms with Gasteiger partial charge in [0.1, 0.15) is 22.7 Å². The first-order valence-electron chi connectivity index (χ1n) is 14.0. The number of aryl methyl sites for hydroxylation is 3. The lowest BCUT2D eigenvalue weighted by Crippen LogP contribution is -2.34. The normalized spacial score (nSPS) is 14.2. The van der Waals surface area contributed by atoms with Gasteiger partial charge in [-0.25, -0.2) is 0 Å². The first-order chi connectivity index (χ1) is 19.6.